The van der Waals surface area contributed by atoms with Crippen molar-refractivity contribution in [2.75, 3.05) is 62.2 Å². The molecule has 0 aliphatic carbocycles. The van der Waals surface area contributed by atoms with Gasteiger partial charge in [0, 0.05) is 88.3 Å². The van der Waals surface area contributed by atoms with E-state index < -0.39 is 0 Å². The van der Waals surface area contributed by atoms with E-state index in [1.807, 2.05) is 12.1 Å². The number of nitriles is 1. The molecule has 3 aliphatic rings. The quantitative estimate of drug-likeness (QED) is 0.607. The van der Waals surface area contributed by atoms with Gasteiger partial charge in [-0.1, -0.05) is 0 Å². The molecule has 1 aromatic carbocycles. The zero-order valence-electron chi connectivity index (χ0n) is 20.9. The number of benzene rings is 1. The Morgan fingerprint density at radius 1 is 1.11 bits per heavy atom. The molecule has 0 bridgehead atoms. The lowest BCUT2D eigenvalue weighted by Gasteiger charge is -2.42. The van der Waals surface area contributed by atoms with Gasteiger partial charge in [0.1, 0.15) is 6.07 Å². The molecule has 6 rings (SSSR count). The van der Waals surface area contributed by atoms with Crippen molar-refractivity contribution in [2.45, 2.75) is 32.1 Å². The summed E-state index contributed by atoms with van der Waals surface area (Å²) in [6.07, 6.45) is 5.12. The van der Waals surface area contributed by atoms with Crippen LogP contribution in [0.5, 0.6) is 0 Å². The van der Waals surface area contributed by atoms with E-state index in [-0.39, 0.29) is 12.2 Å². The molecule has 3 aromatic rings. The number of anilines is 2. The summed E-state index contributed by atoms with van der Waals surface area (Å²) in [6.45, 7) is 10.7. The van der Waals surface area contributed by atoms with E-state index in [9.17, 15) is 5.26 Å². The van der Waals surface area contributed by atoms with E-state index in [4.69, 9.17) is 9.72 Å². The Kier molecular flexibility index (Phi) is 6.45. The predicted molar refractivity (Wildman–Crippen MR) is 141 cm³/mol. The molecule has 0 amide bonds. The van der Waals surface area contributed by atoms with Crippen LogP contribution in [0.15, 0.2) is 42.7 Å². The zero-order chi connectivity index (χ0) is 24.5. The zero-order valence-corrected chi connectivity index (χ0v) is 20.9. The molecule has 2 unspecified atom stereocenters. The van der Waals surface area contributed by atoms with Crippen LogP contribution in [-0.4, -0.2) is 79.4 Å². The fourth-order valence-electron chi connectivity index (χ4n) is 5.85. The van der Waals surface area contributed by atoms with E-state index in [0.717, 1.165) is 81.9 Å². The van der Waals surface area contributed by atoms with Gasteiger partial charge in [0.25, 0.3) is 0 Å². The van der Waals surface area contributed by atoms with Gasteiger partial charge in [-0.15, -0.1) is 0 Å². The van der Waals surface area contributed by atoms with Crippen molar-refractivity contribution in [1.29, 1.82) is 5.26 Å². The van der Waals surface area contributed by atoms with Crippen molar-refractivity contribution < 1.29 is 4.74 Å². The number of fused-ring (bicyclic) bond motifs is 2. The lowest BCUT2D eigenvalue weighted by molar-refractivity contribution is -0.0327. The summed E-state index contributed by atoms with van der Waals surface area (Å²) in [6, 6.07) is 12.6. The van der Waals surface area contributed by atoms with Gasteiger partial charge < -0.3 is 19.9 Å². The minimum atomic E-state index is 0.138. The summed E-state index contributed by atoms with van der Waals surface area (Å²) < 4.78 is 6.39. The van der Waals surface area contributed by atoms with Gasteiger partial charge in [-0.2, -0.15) is 5.26 Å². The Morgan fingerprint density at radius 2 is 2.00 bits per heavy atom. The van der Waals surface area contributed by atoms with Crippen LogP contribution in [0.1, 0.15) is 23.7 Å². The SMILES string of the molecule is CC1CN(c2ccc(C#N)c3ncccc23)CC(CN2CCN(c3cnc4c(c3)CNCC4)CC2)O1. The molecule has 2 aromatic heterocycles. The third kappa shape index (κ3) is 4.62. The number of hydrogen-bond donors (Lipinski definition) is 1. The van der Waals surface area contributed by atoms with Crippen LogP contribution < -0.4 is 15.1 Å². The molecule has 2 fully saturated rings. The summed E-state index contributed by atoms with van der Waals surface area (Å²) in [7, 11) is 0. The maximum absolute atomic E-state index is 9.51. The third-order valence-corrected chi connectivity index (χ3v) is 7.63. The van der Waals surface area contributed by atoms with Gasteiger partial charge in [-0.05, 0) is 42.8 Å². The Bertz CT molecular complexity index is 1280. The number of rotatable bonds is 4. The Balaban J connectivity index is 1.11. The number of nitrogens with zero attached hydrogens (tertiary/aromatic N) is 6. The maximum atomic E-state index is 9.51. The molecule has 0 saturated carbocycles. The summed E-state index contributed by atoms with van der Waals surface area (Å²) in [5.74, 6) is 0. The molecular formula is C28H33N7O. The fourth-order valence-corrected chi connectivity index (χ4v) is 5.85. The van der Waals surface area contributed by atoms with E-state index >= 15 is 0 Å². The number of ether oxygens (including phenoxy) is 1. The molecule has 0 spiro atoms. The second-order valence-corrected chi connectivity index (χ2v) is 10.1. The molecule has 5 heterocycles. The third-order valence-electron chi connectivity index (χ3n) is 7.63. The average molecular weight is 484 g/mol. The molecular weight excluding hydrogens is 450 g/mol. The van der Waals surface area contributed by atoms with Crippen molar-refractivity contribution in [3.8, 4) is 6.07 Å². The molecule has 36 heavy (non-hydrogen) atoms. The Morgan fingerprint density at radius 3 is 2.86 bits per heavy atom. The second-order valence-electron chi connectivity index (χ2n) is 10.1. The molecule has 8 heteroatoms. The van der Waals surface area contributed by atoms with Crippen molar-refractivity contribution >= 4 is 22.3 Å². The highest BCUT2D eigenvalue weighted by Gasteiger charge is 2.29. The number of pyridine rings is 2. The van der Waals surface area contributed by atoms with E-state index in [1.165, 1.54) is 16.9 Å². The first-order valence-corrected chi connectivity index (χ1v) is 13.0. The second kappa shape index (κ2) is 10.0. The monoisotopic (exact) mass is 483 g/mol. The molecule has 2 atom stereocenters. The molecule has 3 aliphatic heterocycles. The summed E-state index contributed by atoms with van der Waals surface area (Å²) >= 11 is 0. The number of nitrogens with one attached hydrogen (secondary N) is 1. The average Bonchev–Trinajstić information content (AvgIpc) is 2.92. The fraction of sp³-hybridized carbons (Fsp3) is 0.464. The first-order chi connectivity index (χ1) is 17.7. The Hall–Kier alpha value is -3.25. The number of morpholine rings is 1. The minimum Gasteiger partial charge on any atom is -0.370 e. The minimum absolute atomic E-state index is 0.138. The van der Waals surface area contributed by atoms with Crippen molar-refractivity contribution in [2.24, 2.45) is 0 Å². The van der Waals surface area contributed by atoms with Crippen molar-refractivity contribution in [3.05, 3.63) is 59.5 Å². The van der Waals surface area contributed by atoms with Gasteiger partial charge in [-0.25, -0.2) is 0 Å². The highest BCUT2D eigenvalue weighted by molar-refractivity contribution is 5.95. The molecule has 186 valence electrons. The van der Waals surface area contributed by atoms with Gasteiger partial charge in [-0.3, -0.25) is 14.9 Å². The van der Waals surface area contributed by atoms with Gasteiger partial charge >= 0.3 is 0 Å². The van der Waals surface area contributed by atoms with Crippen LogP contribution in [0.25, 0.3) is 10.9 Å². The summed E-state index contributed by atoms with van der Waals surface area (Å²) in [5.41, 5.74) is 6.36. The number of hydrogen-bond acceptors (Lipinski definition) is 8. The first-order valence-electron chi connectivity index (χ1n) is 13.0. The van der Waals surface area contributed by atoms with Crippen LogP contribution >= 0.6 is 0 Å². The lowest BCUT2D eigenvalue weighted by Crippen LogP contribution is -2.54. The standard InChI is InChI=1S/C28H33N7O/c1-20-17-35(27-5-4-21(14-29)28-25(27)3-2-7-31-28)19-24(36-20)18-33-9-11-34(12-10-33)23-13-22-15-30-8-6-26(22)32-16-23/h2-5,7,13,16,20,24,30H,6,8-12,15,17-19H2,1H3. The summed E-state index contributed by atoms with van der Waals surface area (Å²) in [4.78, 5) is 16.6. The first kappa shape index (κ1) is 23.2. The Labute approximate surface area is 212 Å². The van der Waals surface area contributed by atoms with Gasteiger partial charge in [0.05, 0.1) is 35.2 Å². The van der Waals surface area contributed by atoms with Crippen LogP contribution in [0.2, 0.25) is 0 Å². The number of piperazine rings is 1. The van der Waals surface area contributed by atoms with Crippen LogP contribution in [0.4, 0.5) is 11.4 Å². The van der Waals surface area contributed by atoms with Crippen LogP contribution in [0, 0.1) is 11.3 Å². The van der Waals surface area contributed by atoms with Crippen LogP contribution in [0.3, 0.4) is 0 Å². The highest BCUT2D eigenvalue weighted by atomic mass is 16.5. The van der Waals surface area contributed by atoms with Crippen molar-refractivity contribution in [3.63, 3.8) is 0 Å². The normalized spacial score (nSPS) is 22.9. The largest absolute Gasteiger partial charge is 0.370 e. The molecule has 0 radical (unpaired) electrons. The molecule has 8 nitrogen and oxygen atoms in total. The van der Waals surface area contributed by atoms with Crippen molar-refractivity contribution in [1.82, 2.24) is 20.2 Å². The van der Waals surface area contributed by atoms with E-state index in [1.54, 1.807) is 6.20 Å². The van der Waals surface area contributed by atoms with E-state index in [2.05, 4.69) is 62.4 Å². The lowest BCUT2D eigenvalue weighted by atomic mass is 10.1. The van der Waals surface area contributed by atoms with Gasteiger partial charge in [0.2, 0.25) is 0 Å². The summed E-state index contributed by atoms with van der Waals surface area (Å²) in [5, 5.41) is 14.0. The topological polar surface area (TPSA) is 80.6 Å². The molecule has 1 N–H and O–H groups in total. The van der Waals surface area contributed by atoms with Gasteiger partial charge in [0.15, 0.2) is 0 Å². The smallest absolute Gasteiger partial charge is 0.101 e. The van der Waals surface area contributed by atoms with E-state index in [0.29, 0.717) is 5.56 Å². The highest BCUT2D eigenvalue weighted by Crippen LogP contribution is 2.30. The van der Waals surface area contributed by atoms with Crippen LogP contribution in [-0.2, 0) is 17.7 Å². The predicted octanol–water partition coefficient (Wildman–Crippen LogP) is 2.56. The maximum Gasteiger partial charge on any atom is 0.101 e. The number of aromatic nitrogens is 2. The molecule has 2 saturated heterocycles.